The molecule has 5 heteroatoms. The van der Waals surface area contributed by atoms with E-state index in [1.807, 2.05) is 19.0 Å². The molecule has 0 unspecified atom stereocenters. The van der Waals surface area contributed by atoms with Crippen molar-refractivity contribution in [1.29, 1.82) is 0 Å². The van der Waals surface area contributed by atoms with E-state index in [-0.39, 0.29) is 12.5 Å². The van der Waals surface area contributed by atoms with E-state index < -0.39 is 0 Å². The highest BCUT2D eigenvalue weighted by atomic mass is 16.2. The average Bonchev–Trinajstić information content (AvgIpc) is 2.39. The Labute approximate surface area is 113 Å². The maximum Gasteiger partial charge on any atom is 0.252 e. The summed E-state index contributed by atoms with van der Waals surface area (Å²) in [5.74, 6) is 5.50. The molecule has 1 aromatic heterocycles. The van der Waals surface area contributed by atoms with Crippen molar-refractivity contribution in [3.8, 4) is 11.8 Å². The van der Waals surface area contributed by atoms with Crippen LogP contribution in [-0.2, 0) is 0 Å². The number of likely N-dealkylation sites (N-methyl/N-ethyl adjacent to an activating group) is 1. The monoisotopic (exact) mass is 261 g/mol. The highest BCUT2D eigenvalue weighted by Gasteiger charge is 2.05. The minimum atomic E-state index is -0.153. The number of carbonyl (C=O) groups is 1. The fraction of sp³-hybridized carbons (Fsp3) is 0.429. The zero-order valence-corrected chi connectivity index (χ0v) is 11.3. The molecule has 102 valence electrons. The molecule has 1 aromatic rings. The third kappa shape index (κ3) is 6.00. The highest BCUT2D eigenvalue weighted by Crippen LogP contribution is 2.01. The molecule has 1 amide bonds. The second-order valence-corrected chi connectivity index (χ2v) is 4.30. The van der Waals surface area contributed by atoms with Gasteiger partial charge < -0.3 is 15.3 Å². The number of rotatable bonds is 5. The van der Waals surface area contributed by atoms with Gasteiger partial charge in [-0.25, -0.2) is 0 Å². The molecule has 0 bridgehead atoms. The minimum absolute atomic E-state index is 0.0329. The molecule has 0 aromatic carbocycles. The van der Waals surface area contributed by atoms with Gasteiger partial charge in [-0.05, 0) is 20.2 Å². The molecule has 0 fully saturated rings. The maximum absolute atomic E-state index is 11.9. The van der Waals surface area contributed by atoms with E-state index in [4.69, 9.17) is 5.11 Å². The van der Waals surface area contributed by atoms with E-state index in [0.717, 1.165) is 6.54 Å². The lowest BCUT2D eigenvalue weighted by Gasteiger charge is -2.10. The standard InChI is InChI=1S/C14H19N3O2/c1-17(2)7-6-16-14(19)13-9-12(10-15-11-13)5-3-4-8-18/h9-11,18H,4,6-8H2,1-2H3,(H,16,19). The number of aliphatic hydroxyl groups excluding tert-OH is 1. The normalized spacial score (nSPS) is 9.89. The minimum Gasteiger partial charge on any atom is -0.395 e. The zero-order chi connectivity index (χ0) is 14.1. The van der Waals surface area contributed by atoms with Crippen molar-refractivity contribution in [3.05, 3.63) is 29.6 Å². The first-order valence-corrected chi connectivity index (χ1v) is 6.11. The van der Waals surface area contributed by atoms with Crippen LogP contribution in [0.4, 0.5) is 0 Å². The number of nitrogens with one attached hydrogen (secondary N) is 1. The average molecular weight is 261 g/mol. The summed E-state index contributed by atoms with van der Waals surface area (Å²) in [6.45, 7) is 1.41. The van der Waals surface area contributed by atoms with E-state index in [0.29, 0.717) is 24.1 Å². The molecular weight excluding hydrogens is 242 g/mol. The second-order valence-electron chi connectivity index (χ2n) is 4.30. The van der Waals surface area contributed by atoms with Crippen LogP contribution in [0.3, 0.4) is 0 Å². The van der Waals surface area contributed by atoms with Crippen LogP contribution < -0.4 is 5.32 Å². The van der Waals surface area contributed by atoms with Gasteiger partial charge in [-0.15, -0.1) is 0 Å². The number of pyridine rings is 1. The summed E-state index contributed by atoms with van der Waals surface area (Å²) in [7, 11) is 3.90. The van der Waals surface area contributed by atoms with Crippen molar-refractivity contribution in [3.63, 3.8) is 0 Å². The first-order chi connectivity index (χ1) is 9.13. The topological polar surface area (TPSA) is 65.5 Å². The third-order valence-corrected chi connectivity index (χ3v) is 2.31. The number of carbonyl (C=O) groups excluding carboxylic acids is 1. The number of hydrogen-bond acceptors (Lipinski definition) is 4. The van der Waals surface area contributed by atoms with Gasteiger partial charge in [0.25, 0.3) is 5.91 Å². The molecule has 0 aliphatic carbocycles. The number of amides is 1. The van der Waals surface area contributed by atoms with E-state index in [9.17, 15) is 4.79 Å². The van der Waals surface area contributed by atoms with E-state index in [2.05, 4.69) is 22.1 Å². The zero-order valence-electron chi connectivity index (χ0n) is 11.3. The third-order valence-electron chi connectivity index (χ3n) is 2.31. The molecule has 0 atom stereocenters. The van der Waals surface area contributed by atoms with Crippen molar-refractivity contribution in [2.75, 3.05) is 33.8 Å². The van der Waals surface area contributed by atoms with Gasteiger partial charge >= 0.3 is 0 Å². The summed E-state index contributed by atoms with van der Waals surface area (Å²) in [6.07, 6.45) is 3.53. The molecule has 0 aliphatic rings. The quantitative estimate of drug-likeness (QED) is 0.738. The van der Waals surface area contributed by atoms with E-state index in [1.165, 1.54) is 6.20 Å². The molecule has 0 aliphatic heterocycles. The summed E-state index contributed by atoms with van der Waals surface area (Å²) in [5, 5.41) is 11.5. The molecule has 1 rings (SSSR count). The van der Waals surface area contributed by atoms with Gasteiger partial charge in [-0.3, -0.25) is 9.78 Å². The Kier molecular flexibility index (Phi) is 6.58. The van der Waals surface area contributed by atoms with Crippen molar-refractivity contribution in [2.45, 2.75) is 6.42 Å². The lowest BCUT2D eigenvalue weighted by molar-refractivity contribution is 0.0950. The first-order valence-electron chi connectivity index (χ1n) is 6.11. The molecule has 0 saturated carbocycles. The van der Waals surface area contributed by atoms with Crippen LogP contribution in [0.1, 0.15) is 22.3 Å². The Morgan fingerprint density at radius 3 is 2.95 bits per heavy atom. The Balaban J connectivity index is 2.61. The van der Waals surface area contributed by atoms with E-state index >= 15 is 0 Å². The van der Waals surface area contributed by atoms with Gasteiger partial charge in [0.15, 0.2) is 0 Å². The lowest BCUT2D eigenvalue weighted by atomic mass is 10.2. The Hall–Kier alpha value is -1.90. The number of aliphatic hydroxyl groups is 1. The Bertz CT molecular complexity index is 475. The van der Waals surface area contributed by atoms with E-state index in [1.54, 1.807) is 12.3 Å². The summed E-state index contributed by atoms with van der Waals surface area (Å²) in [5.41, 5.74) is 1.17. The maximum atomic E-state index is 11.9. The van der Waals surface area contributed by atoms with Crippen LogP contribution >= 0.6 is 0 Å². The van der Waals surface area contributed by atoms with Crippen LogP contribution in [0.5, 0.6) is 0 Å². The van der Waals surface area contributed by atoms with Crippen LogP contribution in [0.15, 0.2) is 18.5 Å². The second kappa shape index (κ2) is 8.25. The van der Waals surface area contributed by atoms with Crippen molar-refractivity contribution >= 4 is 5.91 Å². The molecule has 0 spiro atoms. The van der Waals surface area contributed by atoms with Crippen molar-refractivity contribution in [2.24, 2.45) is 0 Å². The molecule has 0 radical (unpaired) electrons. The van der Waals surface area contributed by atoms with Crippen molar-refractivity contribution in [1.82, 2.24) is 15.2 Å². The number of aromatic nitrogens is 1. The molecule has 19 heavy (non-hydrogen) atoms. The summed E-state index contributed by atoms with van der Waals surface area (Å²) in [6, 6.07) is 1.70. The predicted octanol–water partition coefficient (Wildman–Crippen LogP) is 0.107. The van der Waals surface area contributed by atoms with Crippen LogP contribution in [0.2, 0.25) is 0 Å². The fourth-order valence-corrected chi connectivity index (χ4v) is 1.35. The van der Waals surface area contributed by atoms with Gasteiger partial charge in [0, 0.05) is 37.5 Å². The van der Waals surface area contributed by atoms with Crippen molar-refractivity contribution < 1.29 is 9.90 Å². The fourth-order valence-electron chi connectivity index (χ4n) is 1.35. The molecule has 2 N–H and O–H groups in total. The molecular formula is C14H19N3O2. The van der Waals surface area contributed by atoms with Gasteiger partial charge in [0.2, 0.25) is 0 Å². The molecule has 0 saturated heterocycles. The highest BCUT2D eigenvalue weighted by molar-refractivity contribution is 5.94. The SMILES string of the molecule is CN(C)CCNC(=O)c1cncc(C#CCCO)c1. The number of hydrogen-bond donors (Lipinski definition) is 2. The Morgan fingerprint density at radius 1 is 1.47 bits per heavy atom. The molecule has 5 nitrogen and oxygen atoms in total. The van der Waals surface area contributed by atoms with Crippen LogP contribution in [-0.4, -0.2) is 54.7 Å². The van der Waals surface area contributed by atoms with Gasteiger partial charge in [0.1, 0.15) is 0 Å². The summed E-state index contributed by atoms with van der Waals surface area (Å²) in [4.78, 5) is 17.8. The van der Waals surface area contributed by atoms with Crippen LogP contribution in [0, 0.1) is 11.8 Å². The largest absolute Gasteiger partial charge is 0.395 e. The van der Waals surface area contributed by atoms with Crippen LogP contribution in [0.25, 0.3) is 0 Å². The molecule has 1 heterocycles. The first kappa shape index (κ1) is 15.2. The number of nitrogens with zero attached hydrogens (tertiary/aromatic N) is 2. The Morgan fingerprint density at radius 2 is 2.26 bits per heavy atom. The van der Waals surface area contributed by atoms with Gasteiger partial charge in [0.05, 0.1) is 12.2 Å². The lowest BCUT2D eigenvalue weighted by Crippen LogP contribution is -2.31. The summed E-state index contributed by atoms with van der Waals surface area (Å²) < 4.78 is 0. The van der Waals surface area contributed by atoms with Gasteiger partial charge in [-0.1, -0.05) is 11.8 Å². The predicted molar refractivity (Wildman–Crippen MR) is 73.7 cm³/mol. The summed E-state index contributed by atoms with van der Waals surface area (Å²) >= 11 is 0. The van der Waals surface area contributed by atoms with Gasteiger partial charge in [-0.2, -0.15) is 0 Å². The smallest absolute Gasteiger partial charge is 0.252 e.